The molecule has 0 fully saturated rings. The highest BCUT2D eigenvalue weighted by molar-refractivity contribution is 5.80. The molecule has 2 unspecified atom stereocenters. The van der Waals surface area contributed by atoms with Crippen molar-refractivity contribution < 1.29 is 9.18 Å². The molecule has 3 rings (SSSR count). The van der Waals surface area contributed by atoms with Crippen molar-refractivity contribution in [1.82, 2.24) is 35.3 Å². The zero-order chi connectivity index (χ0) is 21.0. The molecule has 0 aliphatic carbocycles. The molecule has 0 saturated carbocycles. The van der Waals surface area contributed by atoms with E-state index in [-0.39, 0.29) is 17.6 Å². The van der Waals surface area contributed by atoms with Gasteiger partial charge in [-0.05, 0) is 60.9 Å². The van der Waals surface area contributed by atoms with Crippen LogP contribution in [0.25, 0.3) is 0 Å². The normalized spacial score (nSPS) is 13.3. The van der Waals surface area contributed by atoms with Crippen molar-refractivity contribution in [2.45, 2.75) is 46.7 Å². The summed E-state index contributed by atoms with van der Waals surface area (Å²) >= 11 is 0. The van der Waals surface area contributed by atoms with E-state index >= 15 is 0 Å². The molecule has 1 N–H and O–H groups in total. The molecule has 8 nitrogen and oxygen atoms in total. The molecule has 29 heavy (non-hydrogen) atoms. The highest BCUT2D eigenvalue weighted by Gasteiger charge is 2.24. The minimum absolute atomic E-state index is 0.182. The molecule has 0 bridgehead atoms. The largest absolute Gasteiger partial charge is 0.354 e. The van der Waals surface area contributed by atoms with E-state index in [1.54, 1.807) is 19.1 Å². The van der Waals surface area contributed by atoms with E-state index < -0.39 is 6.04 Å². The number of nitrogens with zero attached hydrogens (tertiary/aromatic N) is 6. The third-order valence-corrected chi connectivity index (χ3v) is 4.79. The van der Waals surface area contributed by atoms with E-state index in [1.165, 1.54) is 16.8 Å². The summed E-state index contributed by atoms with van der Waals surface area (Å²) in [5.41, 5.74) is 2.77. The molecule has 2 heterocycles. The Kier molecular flexibility index (Phi) is 6.36. The second-order valence-electron chi connectivity index (χ2n) is 7.48. The smallest absolute Gasteiger partial charge is 0.245 e. The van der Waals surface area contributed by atoms with Crippen molar-refractivity contribution in [3.63, 3.8) is 0 Å². The Morgan fingerprint density at radius 3 is 2.66 bits per heavy atom. The predicted molar refractivity (Wildman–Crippen MR) is 106 cm³/mol. The molecule has 0 spiro atoms. The van der Waals surface area contributed by atoms with Gasteiger partial charge >= 0.3 is 0 Å². The highest BCUT2D eigenvalue weighted by atomic mass is 19.1. The number of amides is 1. The lowest BCUT2D eigenvalue weighted by molar-refractivity contribution is -0.124. The van der Waals surface area contributed by atoms with E-state index in [2.05, 4.69) is 32.9 Å². The van der Waals surface area contributed by atoms with Crippen molar-refractivity contribution >= 4 is 5.91 Å². The molecule has 0 aliphatic rings. The molecule has 0 saturated heterocycles. The Morgan fingerprint density at radius 1 is 1.24 bits per heavy atom. The van der Waals surface area contributed by atoms with Crippen molar-refractivity contribution in [3.8, 4) is 0 Å². The lowest BCUT2D eigenvalue weighted by Gasteiger charge is -2.20. The Bertz CT molecular complexity index is 981. The van der Waals surface area contributed by atoms with Gasteiger partial charge in [-0.15, -0.1) is 5.10 Å². The summed E-state index contributed by atoms with van der Waals surface area (Å²) in [6.45, 7) is 8.95. The number of aryl methyl sites for hydroxylation is 3. The van der Waals surface area contributed by atoms with Crippen LogP contribution in [0.5, 0.6) is 0 Å². The first-order valence-corrected chi connectivity index (χ1v) is 9.61. The number of benzene rings is 1. The summed E-state index contributed by atoms with van der Waals surface area (Å²) in [5, 5.41) is 18.9. The number of nitrogens with one attached hydrogen (secondary N) is 1. The third kappa shape index (κ3) is 5.24. The van der Waals surface area contributed by atoms with Crippen molar-refractivity contribution in [3.05, 3.63) is 58.9 Å². The first kappa shape index (κ1) is 20.6. The van der Waals surface area contributed by atoms with Gasteiger partial charge in [0.15, 0.2) is 0 Å². The van der Waals surface area contributed by atoms with Gasteiger partial charge < -0.3 is 5.32 Å². The van der Waals surface area contributed by atoms with Crippen LogP contribution in [0.15, 0.2) is 30.3 Å². The van der Waals surface area contributed by atoms with Crippen LogP contribution in [-0.4, -0.2) is 42.4 Å². The van der Waals surface area contributed by atoms with Gasteiger partial charge in [-0.3, -0.25) is 9.48 Å². The van der Waals surface area contributed by atoms with Gasteiger partial charge in [-0.2, -0.15) is 5.10 Å². The highest BCUT2D eigenvalue weighted by Crippen LogP contribution is 2.16. The van der Waals surface area contributed by atoms with E-state index in [0.717, 1.165) is 11.4 Å². The summed E-state index contributed by atoms with van der Waals surface area (Å²) in [5.74, 6) is 0.164. The first-order chi connectivity index (χ1) is 13.8. The van der Waals surface area contributed by atoms with Crippen LogP contribution in [0.2, 0.25) is 0 Å². The average Bonchev–Trinajstić information content (AvgIpc) is 3.22. The number of hydrogen-bond acceptors (Lipinski definition) is 5. The van der Waals surface area contributed by atoms with Crippen LogP contribution in [0.1, 0.15) is 35.7 Å². The predicted octanol–water partition coefficient (Wildman–Crippen LogP) is 2.17. The van der Waals surface area contributed by atoms with Crippen LogP contribution in [0, 0.1) is 32.5 Å². The summed E-state index contributed by atoms with van der Waals surface area (Å²) in [4.78, 5) is 13.0. The Labute approximate surface area is 169 Å². The minimum atomic E-state index is -0.660. The number of aromatic nitrogens is 6. The standard InChI is InChI=1S/C20H26FN7O/c1-13(12-27-15(3)8-14(2)24-27)11-22-20(29)19(28-16(4)23-25-26-28)10-17-6-5-7-18(21)9-17/h5-9,13,19H,10-12H2,1-4H3,(H,22,29). The molecule has 0 aliphatic heterocycles. The maximum Gasteiger partial charge on any atom is 0.245 e. The van der Waals surface area contributed by atoms with E-state index in [9.17, 15) is 9.18 Å². The third-order valence-electron chi connectivity index (χ3n) is 4.79. The number of halogens is 1. The zero-order valence-electron chi connectivity index (χ0n) is 17.1. The van der Waals surface area contributed by atoms with Gasteiger partial charge in [0.25, 0.3) is 0 Å². The van der Waals surface area contributed by atoms with Gasteiger partial charge in [0, 0.05) is 25.2 Å². The lowest BCUT2D eigenvalue weighted by atomic mass is 10.0. The number of carbonyl (C=O) groups excluding carboxylic acids is 1. The quantitative estimate of drug-likeness (QED) is 0.627. The van der Waals surface area contributed by atoms with Crippen LogP contribution in [0.4, 0.5) is 4.39 Å². The summed E-state index contributed by atoms with van der Waals surface area (Å²) in [6.07, 6.45) is 0.293. The maximum atomic E-state index is 13.6. The van der Waals surface area contributed by atoms with Gasteiger partial charge in [0.1, 0.15) is 17.7 Å². The Morgan fingerprint density at radius 2 is 2.03 bits per heavy atom. The van der Waals surface area contributed by atoms with Crippen molar-refractivity contribution in [2.75, 3.05) is 6.54 Å². The molecule has 0 radical (unpaired) electrons. The Balaban J connectivity index is 1.68. The molecule has 2 atom stereocenters. The summed E-state index contributed by atoms with van der Waals surface area (Å²) in [6, 6.07) is 7.58. The number of rotatable bonds is 8. The fourth-order valence-electron chi connectivity index (χ4n) is 3.32. The molecule has 154 valence electrons. The summed E-state index contributed by atoms with van der Waals surface area (Å²) < 4.78 is 17.0. The molecular weight excluding hydrogens is 373 g/mol. The summed E-state index contributed by atoms with van der Waals surface area (Å²) in [7, 11) is 0. The second-order valence-corrected chi connectivity index (χ2v) is 7.48. The van der Waals surface area contributed by atoms with Gasteiger partial charge in [0.05, 0.1) is 5.69 Å². The van der Waals surface area contributed by atoms with Gasteiger partial charge in [-0.1, -0.05) is 19.1 Å². The van der Waals surface area contributed by atoms with Gasteiger partial charge in [-0.25, -0.2) is 9.07 Å². The lowest BCUT2D eigenvalue weighted by Crippen LogP contribution is -2.38. The van der Waals surface area contributed by atoms with E-state index in [0.29, 0.717) is 30.9 Å². The topological polar surface area (TPSA) is 90.5 Å². The molecular formula is C20H26FN7O. The van der Waals surface area contributed by atoms with Crippen molar-refractivity contribution in [2.24, 2.45) is 5.92 Å². The van der Waals surface area contributed by atoms with Crippen LogP contribution >= 0.6 is 0 Å². The SMILES string of the molecule is Cc1cc(C)n(CC(C)CNC(=O)C(Cc2cccc(F)c2)n2nnnc2C)n1. The van der Waals surface area contributed by atoms with E-state index in [1.807, 2.05) is 24.6 Å². The molecule has 9 heteroatoms. The molecule has 1 amide bonds. The molecule has 3 aromatic rings. The first-order valence-electron chi connectivity index (χ1n) is 9.61. The molecule has 2 aromatic heterocycles. The van der Waals surface area contributed by atoms with E-state index in [4.69, 9.17) is 0 Å². The molecule has 1 aromatic carbocycles. The number of hydrogen-bond donors (Lipinski definition) is 1. The second kappa shape index (κ2) is 8.93. The maximum absolute atomic E-state index is 13.6. The van der Waals surface area contributed by atoms with Crippen LogP contribution in [0.3, 0.4) is 0 Å². The Hall–Kier alpha value is -3.10. The average molecular weight is 399 g/mol. The van der Waals surface area contributed by atoms with Crippen LogP contribution in [-0.2, 0) is 17.8 Å². The fourth-order valence-corrected chi connectivity index (χ4v) is 3.32. The van der Waals surface area contributed by atoms with Crippen molar-refractivity contribution in [1.29, 1.82) is 0 Å². The number of carbonyl (C=O) groups is 1. The monoisotopic (exact) mass is 399 g/mol. The fraction of sp³-hybridized carbons (Fsp3) is 0.450. The van der Waals surface area contributed by atoms with Crippen LogP contribution < -0.4 is 5.32 Å². The minimum Gasteiger partial charge on any atom is -0.354 e. The van der Waals surface area contributed by atoms with Gasteiger partial charge in [0.2, 0.25) is 5.91 Å². The number of tetrazole rings is 1. The zero-order valence-corrected chi connectivity index (χ0v) is 17.1.